The molecule has 1 N–H and O–H groups in total. The number of likely N-dealkylation sites (tertiary alicyclic amines) is 2. The van der Waals surface area contributed by atoms with Gasteiger partial charge in [0.25, 0.3) is 0 Å². The van der Waals surface area contributed by atoms with Crippen LogP contribution in [-0.4, -0.2) is 54.0 Å². The first-order valence-electron chi connectivity index (χ1n) is 9.20. The summed E-state index contributed by atoms with van der Waals surface area (Å²) in [5.41, 5.74) is 1.00. The van der Waals surface area contributed by atoms with Gasteiger partial charge in [-0.1, -0.05) is 29.8 Å². The van der Waals surface area contributed by atoms with Gasteiger partial charge in [0.05, 0.1) is 0 Å². The first kappa shape index (κ1) is 18.1. The van der Waals surface area contributed by atoms with E-state index < -0.39 is 0 Å². The molecule has 1 aromatic carbocycles. The number of benzene rings is 1. The summed E-state index contributed by atoms with van der Waals surface area (Å²) in [7, 11) is 0. The molecule has 0 unspecified atom stereocenters. The number of hydrogen-bond donors (Lipinski definition) is 1. The molecule has 0 bridgehead atoms. The third-order valence-electron chi connectivity index (χ3n) is 5.09. The zero-order valence-corrected chi connectivity index (χ0v) is 15.3. The van der Waals surface area contributed by atoms with Crippen molar-refractivity contribution in [3.63, 3.8) is 0 Å². The van der Waals surface area contributed by atoms with Crippen molar-refractivity contribution in [1.29, 1.82) is 0 Å². The van der Waals surface area contributed by atoms with Crippen molar-refractivity contribution in [1.82, 2.24) is 15.1 Å². The lowest BCUT2D eigenvalue weighted by Crippen LogP contribution is -2.50. The Morgan fingerprint density at radius 1 is 1.04 bits per heavy atom. The Bertz CT molecular complexity index is 608. The maximum absolute atomic E-state index is 12.4. The Balaban J connectivity index is 1.39. The van der Waals surface area contributed by atoms with Crippen LogP contribution in [0.5, 0.6) is 0 Å². The summed E-state index contributed by atoms with van der Waals surface area (Å²) in [6.45, 7) is 3.23. The molecule has 2 fully saturated rings. The third kappa shape index (κ3) is 4.88. The second kappa shape index (κ2) is 8.56. The van der Waals surface area contributed by atoms with E-state index in [1.165, 1.54) is 0 Å². The highest BCUT2D eigenvalue weighted by atomic mass is 35.5. The number of hydrogen-bond acceptors (Lipinski definition) is 2. The molecule has 0 saturated carbocycles. The van der Waals surface area contributed by atoms with Gasteiger partial charge in [-0.3, -0.25) is 4.79 Å². The normalized spacial score (nSPS) is 18.4. The van der Waals surface area contributed by atoms with E-state index >= 15 is 0 Å². The molecule has 0 aromatic heterocycles. The first-order valence-corrected chi connectivity index (χ1v) is 9.58. The Labute approximate surface area is 154 Å². The molecule has 2 aliphatic heterocycles. The molecule has 6 heteroatoms. The molecule has 1 aromatic rings. The summed E-state index contributed by atoms with van der Waals surface area (Å²) in [6.07, 6.45) is 4.98. The van der Waals surface area contributed by atoms with Crippen LogP contribution in [-0.2, 0) is 11.2 Å². The van der Waals surface area contributed by atoms with E-state index in [1.807, 2.05) is 34.1 Å². The number of nitrogens with one attached hydrogen (secondary N) is 1. The van der Waals surface area contributed by atoms with Gasteiger partial charge in [-0.2, -0.15) is 0 Å². The molecule has 25 heavy (non-hydrogen) atoms. The fraction of sp³-hybridized carbons (Fsp3) is 0.579. The fourth-order valence-electron chi connectivity index (χ4n) is 3.57. The molecular formula is C19H26ClN3O2. The number of nitrogens with zero attached hydrogens (tertiary/aromatic N) is 2. The van der Waals surface area contributed by atoms with Crippen molar-refractivity contribution < 1.29 is 9.59 Å². The molecule has 0 spiro atoms. The second-order valence-electron chi connectivity index (χ2n) is 6.90. The van der Waals surface area contributed by atoms with Gasteiger partial charge in [-0.25, -0.2) is 4.79 Å². The maximum Gasteiger partial charge on any atom is 0.319 e. The van der Waals surface area contributed by atoms with Gasteiger partial charge in [-0.15, -0.1) is 0 Å². The zero-order valence-electron chi connectivity index (χ0n) is 14.5. The van der Waals surface area contributed by atoms with Crippen LogP contribution < -0.4 is 5.32 Å². The molecule has 2 aliphatic rings. The highest BCUT2D eigenvalue weighted by Gasteiger charge is 2.28. The molecule has 0 aliphatic carbocycles. The van der Waals surface area contributed by atoms with Crippen LogP contribution in [0.4, 0.5) is 4.79 Å². The topological polar surface area (TPSA) is 52.7 Å². The molecule has 2 heterocycles. The number of aryl methyl sites for hydroxylation is 1. The largest absolute Gasteiger partial charge is 0.353 e. The quantitative estimate of drug-likeness (QED) is 0.893. The van der Waals surface area contributed by atoms with E-state index in [0.29, 0.717) is 17.9 Å². The smallest absolute Gasteiger partial charge is 0.319 e. The number of amides is 3. The summed E-state index contributed by atoms with van der Waals surface area (Å²) in [5.74, 6) is 0.0595. The number of rotatable bonds is 4. The van der Waals surface area contributed by atoms with Crippen LogP contribution in [0.15, 0.2) is 24.3 Å². The van der Waals surface area contributed by atoms with Crippen molar-refractivity contribution in [3.05, 3.63) is 34.9 Å². The first-order chi connectivity index (χ1) is 12.1. The van der Waals surface area contributed by atoms with Crippen molar-refractivity contribution >= 4 is 23.5 Å². The number of piperidine rings is 1. The van der Waals surface area contributed by atoms with Gasteiger partial charge in [0, 0.05) is 43.7 Å². The minimum atomic E-state index is 0.0595. The lowest BCUT2D eigenvalue weighted by atomic mass is 10.0. The van der Waals surface area contributed by atoms with Crippen molar-refractivity contribution in [3.8, 4) is 0 Å². The SMILES string of the molecule is O=C(CCc1ccccc1Cl)NC1CCN(C(=O)N2CCCC2)CC1. The molecule has 2 saturated heterocycles. The van der Waals surface area contributed by atoms with E-state index in [2.05, 4.69) is 5.32 Å². The minimum absolute atomic E-state index is 0.0595. The van der Waals surface area contributed by atoms with Gasteiger partial charge in [0.1, 0.15) is 0 Å². The standard InChI is InChI=1S/C19H26ClN3O2/c20-17-6-2-1-5-15(17)7-8-18(24)21-16-9-13-23(14-10-16)19(25)22-11-3-4-12-22/h1-2,5-6,16H,3-4,7-14H2,(H,21,24). The summed E-state index contributed by atoms with van der Waals surface area (Å²) >= 11 is 6.13. The summed E-state index contributed by atoms with van der Waals surface area (Å²) in [5, 5.41) is 3.82. The monoisotopic (exact) mass is 363 g/mol. The number of carbonyl (C=O) groups excluding carboxylic acids is 2. The summed E-state index contributed by atoms with van der Waals surface area (Å²) in [6, 6.07) is 7.97. The van der Waals surface area contributed by atoms with Crippen molar-refractivity contribution in [2.75, 3.05) is 26.2 Å². The molecule has 3 amide bonds. The van der Waals surface area contributed by atoms with E-state index in [0.717, 1.165) is 57.4 Å². The Hall–Kier alpha value is -1.75. The Morgan fingerprint density at radius 2 is 1.68 bits per heavy atom. The van der Waals surface area contributed by atoms with Crippen LogP contribution in [0.1, 0.15) is 37.7 Å². The van der Waals surface area contributed by atoms with Crippen molar-refractivity contribution in [2.45, 2.75) is 44.6 Å². The van der Waals surface area contributed by atoms with Crippen molar-refractivity contribution in [2.24, 2.45) is 0 Å². The molecule has 0 atom stereocenters. The highest BCUT2D eigenvalue weighted by molar-refractivity contribution is 6.31. The lowest BCUT2D eigenvalue weighted by molar-refractivity contribution is -0.122. The van der Waals surface area contributed by atoms with E-state index in [1.54, 1.807) is 0 Å². The summed E-state index contributed by atoms with van der Waals surface area (Å²) in [4.78, 5) is 28.4. The van der Waals surface area contributed by atoms with Crippen LogP contribution >= 0.6 is 11.6 Å². The van der Waals surface area contributed by atoms with E-state index in [-0.39, 0.29) is 18.0 Å². The van der Waals surface area contributed by atoms with Crippen LogP contribution in [0, 0.1) is 0 Å². The zero-order chi connectivity index (χ0) is 17.6. The minimum Gasteiger partial charge on any atom is -0.353 e. The number of urea groups is 1. The number of halogens is 1. The highest BCUT2D eigenvalue weighted by Crippen LogP contribution is 2.18. The van der Waals surface area contributed by atoms with Crippen LogP contribution in [0.25, 0.3) is 0 Å². The van der Waals surface area contributed by atoms with Gasteiger partial charge in [-0.05, 0) is 43.7 Å². The molecular weight excluding hydrogens is 338 g/mol. The van der Waals surface area contributed by atoms with E-state index in [4.69, 9.17) is 11.6 Å². The fourth-order valence-corrected chi connectivity index (χ4v) is 3.80. The van der Waals surface area contributed by atoms with Gasteiger partial charge in [0.15, 0.2) is 0 Å². The van der Waals surface area contributed by atoms with Gasteiger partial charge >= 0.3 is 6.03 Å². The summed E-state index contributed by atoms with van der Waals surface area (Å²) < 4.78 is 0. The molecule has 5 nitrogen and oxygen atoms in total. The second-order valence-corrected chi connectivity index (χ2v) is 7.30. The van der Waals surface area contributed by atoms with Crippen LogP contribution in [0.3, 0.4) is 0 Å². The van der Waals surface area contributed by atoms with Gasteiger partial charge < -0.3 is 15.1 Å². The predicted octanol–water partition coefficient (Wildman–Crippen LogP) is 3.07. The average molecular weight is 364 g/mol. The predicted molar refractivity (Wildman–Crippen MR) is 98.7 cm³/mol. The van der Waals surface area contributed by atoms with Crippen LogP contribution in [0.2, 0.25) is 5.02 Å². The average Bonchev–Trinajstić information content (AvgIpc) is 3.16. The third-order valence-corrected chi connectivity index (χ3v) is 5.46. The van der Waals surface area contributed by atoms with E-state index in [9.17, 15) is 9.59 Å². The molecule has 136 valence electrons. The Morgan fingerprint density at radius 3 is 2.36 bits per heavy atom. The molecule has 3 rings (SSSR count). The maximum atomic E-state index is 12.4. The Kier molecular flexibility index (Phi) is 6.19. The lowest BCUT2D eigenvalue weighted by Gasteiger charge is -2.34. The molecule has 0 radical (unpaired) electrons. The number of carbonyl (C=O) groups is 2. The van der Waals surface area contributed by atoms with Gasteiger partial charge in [0.2, 0.25) is 5.91 Å².